The Hall–Kier alpha value is -1.65. The summed E-state index contributed by atoms with van der Waals surface area (Å²) in [6.07, 6.45) is 4.30. The average Bonchev–Trinajstić information content (AvgIpc) is 2.69. The lowest BCUT2D eigenvalue weighted by molar-refractivity contribution is 0.140. The first kappa shape index (κ1) is 9.57. The van der Waals surface area contributed by atoms with Crippen LogP contribution in [0.2, 0.25) is 0 Å². The fourth-order valence-electron chi connectivity index (χ4n) is 1.98. The number of hydrogen-bond donors (Lipinski definition) is 1. The highest BCUT2D eigenvalue weighted by Gasteiger charge is 2.28. The lowest BCUT2D eigenvalue weighted by Crippen LogP contribution is -2.30. The molecule has 0 amide bonds. The molecule has 0 saturated heterocycles. The van der Waals surface area contributed by atoms with Gasteiger partial charge in [-0.3, -0.25) is 0 Å². The van der Waals surface area contributed by atoms with Crippen LogP contribution in [0.3, 0.4) is 0 Å². The summed E-state index contributed by atoms with van der Waals surface area (Å²) < 4.78 is 14.3. The third-order valence-corrected chi connectivity index (χ3v) is 3.01. The van der Waals surface area contributed by atoms with Crippen molar-refractivity contribution in [1.82, 2.24) is 14.6 Å². The first-order valence-electron chi connectivity index (χ1n) is 5.49. The van der Waals surface area contributed by atoms with Gasteiger partial charge < -0.3 is 5.32 Å². The maximum absolute atomic E-state index is 12.6. The summed E-state index contributed by atoms with van der Waals surface area (Å²) in [4.78, 5) is 4.12. The number of halogens is 1. The summed E-state index contributed by atoms with van der Waals surface area (Å²) in [5.74, 6) is 1.27. The topological polar surface area (TPSA) is 42.2 Å². The van der Waals surface area contributed by atoms with E-state index in [2.05, 4.69) is 15.4 Å². The van der Waals surface area contributed by atoms with E-state index in [1.54, 1.807) is 16.9 Å². The van der Waals surface area contributed by atoms with Crippen molar-refractivity contribution >= 4 is 11.5 Å². The second-order valence-electron chi connectivity index (χ2n) is 4.26. The number of rotatable bonds is 3. The van der Waals surface area contributed by atoms with Crippen molar-refractivity contribution in [1.29, 1.82) is 0 Å². The van der Waals surface area contributed by atoms with E-state index in [0.717, 1.165) is 18.0 Å². The van der Waals surface area contributed by atoms with Crippen LogP contribution in [0.5, 0.6) is 0 Å². The Balaban J connectivity index is 1.65. The normalized spacial score (nSPS) is 24.3. The van der Waals surface area contributed by atoms with Gasteiger partial charge in [0.1, 0.15) is 12.0 Å². The summed E-state index contributed by atoms with van der Waals surface area (Å²) >= 11 is 0. The van der Waals surface area contributed by atoms with Crippen molar-refractivity contribution < 1.29 is 4.39 Å². The standard InChI is InChI=1S/C11H13FN4/c12-9-5-8(6-9)7-14-10-1-2-11-13-3-4-16(11)15-10/h1-4,8-9H,5-7H2,(H,14,15). The Kier molecular flexibility index (Phi) is 2.23. The Morgan fingerprint density at radius 3 is 3.12 bits per heavy atom. The van der Waals surface area contributed by atoms with Gasteiger partial charge in [-0.25, -0.2) is 13.9 Å². The van der Waals surface area contributed by atoms with E-state index in [4.69, 9.17) is 0 Å². The van der Waals surface area contributed by atoms with Crippen LogP contribution >= 0.6 is 0 Å². The lowest BCUT2D eigenvalue weighted by atomic mass is 9.83. The number of nitrogens with zero attached hydrogens (tertiary/aromatic N) is 3. The number of aromatic nitrogens is 3. The van der Waals surface area contributed by atoms with Gasteiger partial charge in [-0.05, 0) is 30.9 Å². The summed E-state index contributed by atoms with van der Waals surface area (Å²) in [6, 6.07) is 3.81. The van der Waals surface area contributed by atoms with E-state index < -0.39 is 6.17 Å². The minimum atomic E-state index is -0.587. The highest BCUT2D eigenvalue weighted by molar-refractivity contribution is 5.43. The predicted molar refractivity (Wildman–Crippen MR) is 59.1 cm³/mol. The fourth-order valence-corrected chi connectivity index (χ4v) is 1.98. The minimum Gasteiger partial charge on any atom is -0.368 e. The van der Waals surface area contributed by atoms with Crippen molar-refractivity contribution in [2.24, 2.45) is 5.92 Å². The molecule has 1 fully saturated rings. The van der Waals surface area contributed by atoms with Gasteiger partial charge in [-0.15, -0.1) is 5.10 Å². The summed E-state index contributed by atoms with van der Waals surface area (Å²) in [5.41, 5.74) is 0.831. The van der Waals surface area contributed by atoms with Crippen molar-refractivity contribution in [2.45, 2.75) is 19.0 Å². The Bertz CT molecular complexity index is 489. The van der Waals surface area contributed by atoms with Gasteiger partial charge in [0.05, 0.1) is 0 Å². The largest absolute Gasteiger partial charge is 0.368 e. The second-order valence-corrected chi connectivity index (χ2v) is 4.26. The van der Waals surface area contributed by atoms with Gasteiger partial charge in [-0.2, -0.15) is 0 Å². The molecule has 0 atom stereocenters. The van der Waals surface area contributed by atoms with Gasteiger partial charge in [0.15, 0.2) is 5.65 Å². The first-order valence-corrected chi connectivity index (χ1v) is 5.49. The van der Waals surface area contributed by atoms with Crippen LogP contribution in [-0.2, 0) is 0 Å². The van der Waals surface area contributed by atoms with E-state index in [1.807, 2.05) is 12.1 Å². The quantitative estimate of drug-likeness (QED) is 0.858. The number of nitrogens with one attached hydrogen (secondary N) is 1. The van der Waals surface area contributed by atoms with Crippen LogP contribution in [0.25, 0.3) is 5.65 Å². The summed E-state index contributed by atoms with van der Waals surface area (Å²) in [6.45, 7) is 0.799. The van der Waals surface area contributed by atoms with Gasteiger partial charge in [0, 0.05) is 18.9 Å². The van der Waals surface area contributed by atoms with E-state index >= 15 is 0 Å². The highest BCUT2D eigenvalue weighted by atomic mass is 19.1. The van der Waals surface area contributed by atoms with Crippen LogP contribution in [0, 0.1) is 5.92 Å². The number of anilines is 1. The SMILES string of the molecule is FC1CC(CNc2ccc3nccn3n2)C1. The van der Waals surface area contributed by atoms with Crippen molar-refractivity contribution in [3.63, 3.8) is 0 Å². The first-order chi connectivity index (χ1) is 7.81. The molecule has 2 aromatic heterocycles. The molecule has 16 heavy (non-hydrogen) atoms. The molecule has 2 heterocycles. The zero-order valence-electron chi connectivity index (χ0n) is 8.81. The molecule has 84 valence electrons. The zero-order valence-corrected chi connectivity index (χ0v) is 8.81. The highest BCUT2D eigenvalue weighted by Crippen LogP contribution is 2.29. The van der Waals surface area contributed by atoms with E-state index in [0.29, 0.717) is 18.8 Å². The molecule has 4 nitrogen and oxygen atoms in total. The predicted octanol–water partition coefficient (Wildman–Crippen LogP) is 1.89. The second kappa shape index (κ2) is 3.73. The van der Waals surface area contributed by atoms with Crippen LogP contribution in [0.4, 0.5) is 10.2 Å². The maximum Gasteiger partial charge on any atom is 0.153 e. The van der Waals surface area contributed by atoms with Crippen molar-refractivity contribution in [3.8, 4) is 0 Å². The molecule has 1 N–H and O–H groups in total. The van der Waals surface area contributed by atoms with Crippen LogP contribution in [-0.4, -0.2) is 27.3 Å². The van der Waals surface area contributed by atoms with Crippen LogP contribution < -0.4 is 5.32 Å². The minimum absolute atomic E-state index is 0.454. The van der Waals surface area contributed by atoms with Gasteiger partial charge in [0.2, 0.25) is 0 Å². The third kappa shape index (κ3) is 1.73. The van der Waals surface area contributed by atoms with Gasteiger partial charge >= 0.3 is 0 Å². The smallest absolute Gasteiger partial charge is 0.153 e. The summed E-state index contributed by atoms with van der Waals surface area (Å²) in [7, 11) is 0. The van der Waals surface area contributed by atoms with E-state index in [9.17, 15) is 4.39 Å². The third-order valence-electron chi connectivity index (χ3n) is 3.01. The Morgan fingerprint density at radius 2 is 2.31 bits per heavy atom. The molecule has 0 spiro atoms. The molecule has 3 rings (SSSR count). The van der Waals surface area contributed by atoms with Gasteiger partial charge in [0.25, 0.3) is 0 Å². The average molecular weight is 220 g/mol. The molecule has 2 aromatic rings. The fraction of sp³-hybridized carbons (Fsp3) is 0.455. The molecule has 1 aliphatic carbocycles. The molecule has 0 aliphatic heterocycles. The summed E-state index contributed by atoms with van der Waals surface area (Å²) in [5, 5.41) is 7.56. The molecule has 0 aromatic carbocycles. The monoisotopic (exact) mass is 220 g/mol. The molecule has 1 saturated carbocycles. The number of hydrogen-bond acceptors (Lipinski definition) is 3. The molecular weight excluding hydrogens is 207 g/mol. The van der Waals surface area contributed by atoms with E-state index in [-0.39, 0.29) is 0 Å². The molecule has 1 aliphatic rings. The van der Waals surface area contributed by atoms with Crippen molar-refractivity contribution in [2.75, 3.05) is 11.9 Å². The zero-order chi connectivity index (χ0) is 11.0. The van der Waals surface area contributed by atoms with Gasteiger partial charge in [-0.1, -0.05) is 0 Å². The number of imidazole rings is 1. The molecule has 0 bridgehead atoms. The molecular formula is C11H13FN4. The maximum atomic E-state index is 12.6. The number of alkyl halides is 1. The Morgan fingerprint density at radius 1 is 1.44 bits per heavy atom. The molecule has 5 heteroatoms. The molecule has 0 unspecified atom stereocenters. The van der Waals surface area contributed by atoms with Crippen molar-refractivity contribution in [3.05, 3.63) is 24.5 Å². The Labute approximate surface area is 92.5 Å². The number of fused-ring (bicyclic) bond motifs is 1. The molecule has 0 radical (unpaired) electrons. The lowest BCUT2D eigenvalue weighted by Gasteiger charge is -2.29. The van der Waals surface area contributed by atoms with E-state index in [1.165, 1.54) is 0 Å². The van der Waals surface area contributed by atoms with Crippen LogP contribution in [0.15, 0.2) is 24.5 Å². The van der Waals surface area contributed by atoms with Crippen LogP contribution in [0.1, 0.15) is 12.8 Å².